The molecule has 0 aliphatic carbocycles. The minimum Gasteiger partial charge on any atom is -0.439 e. The van der Waals surface area contributed by atoms with Crippen molar-refractivity contribution in [2.45, 2.75) is 11.1 Å². The first-order chi connectivity index (χ1) is 17.7. The van der Waals surface area contributed by atoms with E-state index in [9.17, 15) is 21.6 Å². The first kappa shape index (κ1) is 24.2. The molecule has 0 aliphatic rings. The normalized spacial score (nSPS) is 11.9. The van der Waals surface area contributed by atoms with Gasteiger partial charge in [0.05, 0.1) is 27.4 Å². The number of ether oxygens (including phenoxy) is 1. The number of aromatic nitrogens is 3. The molecule has 0 atom stereocenters. The van der Waals surface area contributed by atoms with Gasteiger partial charge in [0.15, 0.2) is 0 Å². The topological polar surface area (TPSA) is 94.1 Å². The average Bonchev–Trinajstić information content (AvgIpc) is 2.89. The predicted octanol–water partition coefficient (Wildman–Crippen LogP) is 6.30. The number of halogens is 3. The van der Waals surface area contributed by atoms with E-state index in [1.807, 2.05) is 12.1 Å². The highest BCUT2D eigenvalue weighted by Gasteiger charge is 2.32. The maximum Gasteiger partial charge on any atom is 0.416 e. The Morgan fingerprint density at radius 3 is 2.41 bits per heavy atom. The Labute approximate surface area is 209 Å². The number of nitrogens with zero attached hydrogens (tertiary/aromatic N) is 3. The van der Waals surface area contributed by atoms with E-state index in [2.05, 4.69) is 19.7 Å². The highest BCUT2D eigenvalue weighted by molar-refractivity contribution is 7.92. The molecule has 11 heteroatoms. The molecular weight excluding hydrogens is 505 g/mol. The molecule has 0 saturated carbocycles. The molecule has 7 nitrogen and oxygen atoms in total. The second kappa shape index (κ2) is 9.51. The lowest BCUT2D eigenvalue weighted by Gasteiger charge is -2.15. The molecular formula is C26H17F3N4O3S. The van der Waals surface area contributed by atoms with Crippen LogP contribution in [0.15, 0.2) is 102 Å². The maximum absolute atomic E-state index is 13.5. The van der Waals surface area contributed by atoms with E-state index < -0.39 is 21.8 Å². The van der Waals surface area contributed by atoms with Crippen LogP contribution < -0.4 is 9.46 Å². The first-order valence-corrected chi connectivity index (χ1v) is 12.3. The van der Waals surface area contributed by atoms with Crippen LogP contribution in [0, 0.1) is 0 Å². The summed E-state index contributed by atoms with van der Waals surface area (Å²) in [4.78, 5) is 12.4. The summed E-state index contributed by atoms with van der Waals surface area (Å²) in [7, 11) is -4.08. The van der Waals surface area contributed by atoms with Gasteiger partial charge in [-0.25, -0.2) is 18.4 Å². The Kier molecular flexibility index (Phi) is 6.22. The van der Waals surface area contributed by atoms with Crippen LogP contribution in [0.25, 0.3) is 22.2 Å². The van der Waals surface area contributed by atoms with Gasteiger partial charge in [0.25, 0.3) is 10.0 Å². The Balaban J connectivity index is 1.54. The molecule has 0 aliphatic heterocycles. The number of hydrogen-bond donors (Lipinski definition) is 1. The number of sulfonamides is 1. The van der Waals surface area contributed by atoms with Crippen molar-refractivity contribution in [2.24, 2.45) is 0 Å². The van der Waals surface area contributed by atoms with Crippen molar-refractivity contribution in [1.82, 2.24) is 15.0 Å². The van der Waals surface area contributed by atoms with Gasteiger partial charge in [-0.1, -0.05) is 24.3 Å². The lowest BCUT2D eigenvalue weighted by molar-refractivity contribution is -0.137. The SMILES string of the molecule is O=S(=O)(Nc1ccc(C(F)(F)F)cc1-c1cc(Oc2ccc3cccnc3c2)ncn1)c1ccccc1. The van der Waals surface area contributed by atoms with Gasteiger partial charge in [-0.05, 0) is 48.5 Å². The van der Waals surface area contributed by atoms with Gasteiger partial charge < -0.3 is 4.74 Å². The van der Waals surface area contributed by atoms with Gasteiger partial charge in [0.2, 0.25) is 5.88 Å². The summed E-state index contributed by atoms with van der Waals surface area (Å²) in [6.07, 6.45) is -1.89. The van der Waals surface area contributed by atoms with E-state index >= 15 is 0 Å². The van der Waals surface area contributed by atoms with E-state index in [4.69, 9.17) is 4.74 Å². The molecule has 0 radical (unpaired) electrons. The highest BCUT2D eigenvalue weighted by atomic mass is 32.2. The Bertz CT molecular complexity index is 1700. The van der Waals surface area contributed by atoms with Crippen LogP contribution in [-0.4, -0.2) is 23.4 Å². The molecule has 1 N–H and O–H groups in total. The van der Waals surface area contributed by atoms with Crippen molar-refractivity contribution in [3.8, 4) is 22.9 Å². The van der Waals surface area contributed by atoms with Crippen molar-refractivity contribution in [3.05, 3.63) is 103 Å². The van der Waals surface area contributed by atoms with Crippen molar-refractivity contribution >= 4 is 26.6 Å². The molecule has 2 aromatic heterocycles. The predicted molar refractivity (Wildman–Crippen MR) is 132 cm³/mol. The number of hydrogen-bond acceptors (Lipinski definition) is 6. The van der Waals surface area contributed by atoms with Gasteiger partial charge in [-0.15, -0.1) is 0 Å². The van der Waals surface area contributed by atoms with Gasteiger partial charge in [-0.3, -0.25) is 9.71 Å². The van der Waals surface area contributed by atoms with E-state index in [1.165, 1.54) is 18.2 Å². The average molecular weight is 523 g/mol. The number of rotatable bonds is 6. The second-order valence-corrected chi connectivity index (χ2v) is 9.56. The monoisotopic (exact) mass is 522 g/mol. The Morgan fingerprint density at radius 1 is 0.811 bits per heavy atom. The zero-order chi connectivity index (χ0) is 26.0. The standard InChI is InChI=1S/C26H17F3N4O3S/c27-26(28,29)18-9-11-22(33-37(34,35)20-6-2-1-3-7-20)21(13-18)24-15-25(32-16-31-24)36-19-10-8-17-5-4-12-30-23(17)14-19/h1-16,33H. The number of benzene rings is 3. The zero-order valence-electron chi connectivity index (χ0n) is 18.8. The third-order valence-corrected chi connectivity index (χ3v) is 6.74. The number of pyridine rings is 1. The van der Waals surface area contributed by atoms with E-state index in [0.717, 1.165) is 29.9 Å². The van der Waals surface area contributed by atoms with Crippen LogP contribution in [0.1, 0.15) is 5.56 Å². The molecule has 0 fully saturated rings. The summed E-state index contributed by atoms with van der Waals surface area (Å²) in [5, 5.41) is 0.900. The highest BCUT2D eigenvalue weighted by Crippen LogP contribution is 2.37. The number of fused-ring (bicyclic) bond motifs is 1. The molecule has 5 rings (SSSR count). The van der Waals surface area contributed by atoms with Crippen LogP contribution in [-0.2, 0) is 16.2 Å². The molecule has 37 heavy (non-hydrogen) atoms. The van der Waals surface area contributed by atoms with Crippen molar-refractivity contribution in [3.63, 3.8) is 0 Å². The maximum atomic E-state index is 13.5. The summed E-state index contributed by atoms with van der Waals surface area (Å²) in [6.45, 7) is 0. The molecule has 186 valence electrons. The third-order valence-electron chi connectivity index (χ3n) is 5.36. The fourth-order valence-corrected chi connectivity index (χ4v) is 4.70. The second-order valence-electron chi connectivity index (χ2n) is 7.88. The molecule has 3 aromatic carbocycles. The van der Waals surface area contributed by atoms with E-state index in [-0.39, 0.29) is 27.7 Å². The lowest BCUT2D eigenvalue weighted by atomic mass is 10.1. The van der Waals surface area contributed by atoms with Crippen LogP contribution >= 0.6 is 0 Å². The van der Waals surface area contributed by atoms with Crippen molar-refractivity contribution in [2.75, 3.05) is 4.72 Å². The summed E-state index contributed by atoms with van der Waals surface area (Å²) in [6, 6.07) is 20.4. The third kappa shape index (κ3) is 5.36. The molecule has 2 heterocycles. The van der Waals surface area contributed by atoms with Crippen LogP contribution in [0.2, 0.25) is 0 Å². The van der Waals surface area contributed by atoms with Gasteiger partial charge >= 0.3 is 6.18 Å². The number of anilines is 1. The fourth-order valence-electron chi connectivity index (χ4n) is 3.60. The quantitative estimate of drug-likeness (QED) is 0.281. The smallest absolute Gasteiger partial charge is 0.416 e. The van der Waals surface area contributed by atoms with Gasteiger partial charge in [0, 0.05) is 29.3 Å². The molecule has 0 bridgehead atoms. The molecule has 0 unspecified atom stereocenters. The largest absolute Gasteiger partial charge is 0.439 e. The van der Waals surface area contributed by atoms with Gasteiger partial charge in [0.1, 0.15) is 12.1 Å². The van der Waals surface area contributed by atoms with Crippen molar-refractivity contribution in [1.29, 1.82) is 0 Å². The number of nitrogens with one attached hydrogen (secondary N) is 1. The van der Waals surface area contributed by atoms with Crippen LogP contribution in [0.3, 0.4) is 0 Å². The number of alkyl halides is 3. The fraction of sp³-hybridized carbons (Fsp3) is 0.0385. The molecule has 0 amide bonds. The molecule has 5 aromatic rings. The summed E-state index contributed by atoms with van der Waals surface area (Å²) in [5.74, 6) is 0.458. The summed E-state index contributed by atoms with van der Waals surface area (Å²) >= 11 is 0. The lowest BCUT2D eigenvalue weighted by Crippen LogP contribution is -2.14. The Hall–Kier alpha value is -4.51. The molecule has 0 saturated heterocycles. The summed E-state index contributed by atoms with van der Waals surface area (Å²) < 4.78 is 74.5. The van der Waals surface area contributed by atoms with Gasteiger partial charge in [-0.2, -0.15) is 13.2 Å². The minimum absolute atomic E-state index is 0.0285. The Morgan fingerprint density at radius 2 is 1.62 bits per heavy atom. The van der Waals surface area contributed by atoms with Crippen molar-refractivity contribution < 1.29 is 26.3 Å². The molecule has 0 spiro atoms. The van der Waals surface area contributed by atoms with Crippen LogP contribution in [0.5, 0.6) is 11.6 Å². The zero-order valence-corrected chi connectivity index (χ0v) is 19.7. The first-order valence-electron chi connectivity index (χ1n) is 10.8. The van der Waals surface area contributed by atoms with E-state index in [1.54, 1.807) is 42.6 Å². The van der Waals surface area contributed by atoms with E-state index in [0.29, 0.717) is 11.3 Å². The minimum atomic E-state index is -4.66. The summed E-state index contributed by atoms with van der Waals surface area (Å²) in [5.41, 5.74) is -0.435. The van der Waals surface area contributed by atoms with Crippen LogP contribution in [0.4, 0.5) is 18.9 Å².